The molecule has 0 unspecified atom stereocenters. The summed E-state index contributed by atoms with van der Waals surface area (Å²) in [5.41, 5.74) is 5.17. The molecule has 0 amide bonds. The third kappa shape index (κ3) is 2.12. The molecule has 2 rings (SSSR count). The van der Waals surface area contributed by atoms with Crippen molar-refractivity contribution in [3.8, 4) is 0 Å². The van der Waals surface area contributed by atoms with Gasteiger partial charge in [0.1, 0.15) is 6.33 Å². The van der Waals surface area contributed by atoms with Crippen LogP contribution in [0.15, 0.2) is 6.33 Å². The number of nitrogens with two attached hydrogens (primary N) is 1. The van der Waals surface area contributed by atoms with Gasteiger partial charge in [0.05, 0.1) is 4.92 Å². The summed E-state index contributed by atoms with van der Waals surface area (Å²) >= 11 is 0. The molecule has 7 heteroatoms. The molecular formula is C8H11N5O2. The predicted octanol–water partition coefficient (Wildman–Crippen LogP) is 0.789. The van der Waals surface area contributed by atoms with Crippen LogP contribution in [-0.4, -0.2) is 21.4 Å². The fraction of sp³-hybridized carbons (Fsp3) is 0.500. The Kier molecular flexibility index (Phi) is 2.36. The van der Waals surface area contributed by atoms with Crippen LogP contribution in [0.4, 0.5) is 17.3 Å². The second-order valence-electron chi connectivity index (χ2n) is 3.54. The molecular weight excluding hydrogens is 198 g/mol. The van der Waals surface area contributed by atoms with E-state index in [0.29, 0.717) is 12.5 Å². The Bertz CT molecular complexity index is 391. The van der Waals surface area contributed by atoms with E-state index in [-0.39, 0.29) is 17.3 Å². The molecule has 1 saturated carbocycles. The maximum absolute atomic E-state index is 10.7. The number of anilines is 2. The molecule has 15 heavy (non-hydrogen) atoms. The number of nitrogen functional groups attached to an aromatic ring is 1. The SMILES string of the molecule is Nc1ncnc(NCC2CC2)c1[N+](=O)[O-]. The van der Waals surface area contributed by atoms with Gasteiger partial charge < -0.3 is 11.1 Å². The Hall–Kier alpha value is -1.92. The van der Waals surface area contributed by atoms with Gasteiger partial charge in [-0.15, -0.1) is 0 Å². The zero-order valence-electron chi connectivity index (χ0n) is 8.01. The van der Waals surface area contributed by atoms with E-state index in [4.69, 9.17) is 5.73 Å². The molecule has 1 aromatic heterocycles. The lowest BCUT2D eigenvalue weighted by atomic mass is 10.4. The van der Waals surface area contributed by atoms with Crippen molar-refractivity contribution >= 4 is 17.3 Å². The summed E-state index contributed by atoms with van der Waals surface area (Å²) in [6.07, 6.45) is 3.56. The van der Waals surface area contributed by atoms with Crippen molar-refractivity contribution < 1.29 is 4.92 Å². The first kappa shape index (κ1) is 9.63. The summed E-state index contributed by atoms with van der Waals surface area (Å²) in [6.45, 7) is 0.706. The van der Waals surface area contributed by atoms with Crippen LogP contribution in [0, 0.1) is 16.0 Å². The average molecular weight is 209 g/mol. The fourth-order valence-corrected chi connectivity index (χ4v) is 1.26. The highest BCUT2D eigenvalue weighted by Gasteiger charge is 2.25. The first-order chi connectivity index (χ1) is 7.18. The van der Waals surface area contributed by atoms with E-state index >= 15 is 0 Å². The Morgan fingerprint density at radius 1 is 1.60 bits per heavy atom. The Labute approximate surface area is 85.9 Å². The number of rotatable bonds is 4. The number of aromatic nitrogens is 2. The van der Waals surface area contributed by atoms with Crippen LogP contribution in [0.2, 0.25) is 0 Å². The quantitative estimate of drug-likeness (QED) is 0.560. The molecule has 0 bridgehead atoms. The molecule has 0 atom stereocenters. The summed E-state index contributed by atoms with van der Waals surface area (Å²) in [5.74, 6) is 0.716. The number of hydrogen-bond donors (Lipinski definition) is 2. The molecule has 0 spiro atoms. The maximum Gasteiger partial charge on any atom is 0.352 e. The van der Waals surface area contributed by atoms with Crippen molar-refractivity contribution in [3.63, 3.8) is 0 Å². The topological polar surface area (TPSA) is 107 Å². The van der Waals surface area contributed by atoms with Gasteiger partial charge in [0.25, 0.3) is 0 Å². The number of nitro groups is 1. The number of hydrogen-bond acceptors (Lipinski definition) is 6. The largest absolute Gasteiger partial charge is 0.378 e. The van der Waals surface area contributed by atoms with E-state index in [2.05, 4.69) is 15.3 Å². The van der Waals surface area contributed by atoms with Gasteiger partial charge in [0, 0.05) is 6.54 Å². The molecule has 80 valence electrons. The van der Waals surface area contributed by atoms with Gasteiger partial charge in [-0.2, -0.15) is 0 Å². The molecule has 0 aromatic carbocycles. The normalized spacial score (nSPS) is 14.9. The highest BCUT2D eigenvalue weighted by Crippen LogP contribution is 2.31. The van der Waals surface area contributed by atoms with Crippen molar-refractivity contribution in [2.45, 2.75) is 12.8 Å². The number of nitrogens with zero attached hydrogens (tertiary/aromatic N) is 3. The van der Waals surface area contributed by atoms with Crippen LogP contribution < -0.4 is 11.1 Å². The molecule has 0 saturated heterocycles. The molecule has 1 aliphatic carbocycles. The van der Waals surface area contributed by atoms with Gasteiger partial charge in [-0.1, -0.05) is 0 Å². The summed E-state index contributed by atoms with van der Waals surface area (Å²) in [5, 5.41) is 13.6. The standard InChI is InChI=1S/C8H11N5O2/c9-7-6(13(14)15)8(12-4-11-7)10-3-5-1-2-5/h4-5H,1-3H2,(H3,9,10,11,12). The van der Waals surface area contributed by atoms with Gasteiger partial charge in [-0.25, -0.2) is 9.97 Å². The third-order valence-corrected chi connectivity index (χ3v) is 2.29. The van der Waals surface area contributed by atoms with Crippen LogP contribution in [0.3, 0.4) is 0 Å². The smallest absolute Gasteiger partial charge is 0.352 e. The molecule has 1 aromatic rings. The van der Waals surface area contributed by atoms with Crippen LogP contribution in [0.1, 0.15) is 12.8 Å². The first-order valence-corrected chi connectivity index (χ1v) is 4.67. The lowest BCUT2D eigenvalue weighted by Crippen LogP contribution is -2.10. The summed E-state index contributed by atoms with van der Waals surface area (Å²) in [4.78, 5) is 17.5. The lowest BCUT2D eigenvalue weighted by molar-refractivity contribution is -0.383. The van der Waals surface area contributed by atoms with E-state index in [1.54, 1.807) is 0 Å². The van der Waals surface area contributed by atoms with Crippen molar-refractivity contribution in [1.29, 1.82) is 0 Å². The predicted molar refractivity (Wildman–Crippen MR) is 54.3 cm³/mol. The summed E-state index contributed by atoms with van der Waals surface area (Å²) in [7, 11) is 0. The van der Waals surface area contributed by atoms with E-state index < -0.39 is 4.92 Å². The second kappa shape index (κ2) is 3.68. The van der Waals surface area contributed by atoms with Crippen LogP contribution in [-0.2, 0) is 0 Å². The Morgan fingerprint density at radius 3 is 2.93 bits per heavy atom. The molecule has 0 radical (unpaired) electrons. The highest BCUT2D eigenvalue weighted by molar-refractivity contribution is 5.67. The van der Waals surface area contributed by atoms with Crippen molar-refractivity contribution in [1.82, 2.24) is 9.97 Å². The summed E-state index contributed by atoms with van der Waals surface area (Å²) in [6, 6.07) is 0. The van der Waals surface area contributed by atoms with Crippen molar-refractivity contribution in [2.75, 3.05) is 17.6 Å². The second-order valence-corrected chi connectivity index (χ2v) is 3.54. The van der Waals surface area contributed by atoms with Gasteiger partial charge in [-0.3, -0.25) is 10.1 Å². The maximum atomic E-state index is 10.7. The lowest BCUT2D eigenvalue weighted by Gasteiger charge is -2.05. The van der Waals surface area contributed by atoms with Crippen LogP contribution in [0.25, 0.3) is 0 Å². The fourth-order valence-electron chi connectivity index (χ4n) is 1.26. The molecule has 1 fully saturated rings. The monoisotopic (exact) mass is 209 g/mol. The van der Waals surface area contributed by atoms with Gasteiger partial charge in [0.15, 0.2) is 0 Å². The third-order valence-electron chi connectivity index (χ3n) is 2.29. The molecule has 0 aliphatic heterocycles. The van der Waals surface area contributed by atoms with Crippen LogP contribution >= 0.6 is 0 Å². The molecule has 3 N–H and O–H groups in total. The highest BCUT2D eigenvalue weighted by atomic mass is 16.6. The Morgan fingerprint density at radius 2 is 2.33 bits per heavy atom. The number of nitrogens with one attached hydrogen (secondary N) is 1. The van der Waals surface area contributed by atoms with Gasteiger partial charge >= 0.3 is 5.69 Å². The van der Waals surface area contributed by atoms with Crippen molar-refractivity contribution in [3.05, 3.63) is 16.4 Å². The molecule has 1 aliphatic rings. The van der Waals surface area contributed by atoms with E-state index in [0.717, 1.165) is 0 Å². The summed E-state index contributed by atoms with van der Waals surface area (Å²) < 4.78 is 0. The average Bonchev–Trinajstić information content (AvgIpc) is 2.97. The first-order valence-electron chi connectivity index (χ1n) is 4.67. The van der Waals surface area contributed by atoms with E-state index in [1.807, 2.05) is 0 Å². The Balaban J connectivity index is 2.19. The molecule has 7 nitrogen and oxygen atoms in total. The minimum absolute atomic E-state index is 0.103. The zero-order valence-corrected chi connectivity index (χ0v) is 8.01. The van der Waals surface area contributed by atoms with Gasteiger partial charge in [0.2, 0.25) is 11.6 Å². The van der Waals surface area contributed by atoms with Crippen molar-refractivity contribution in [2.24, 2.45) is 5.92 Å². The van der Waals surface area contributed by atoms with Crippen LogP contribution in [0.5, 0.6) is 0 Å². The van der Waals surface area contributed by atoms with Gasteiger partial charge in [-0.05, 0) is 18.8 Å². The van der Waals surface area contributed by atoms with E-state index in [9.17, 15) is 10.1 Å². The van der Waals surface area contributed by atoms with E-state index in [1.165, 1.54) is 19.2 Å². The molecule has 1 heterocycles. The minimum atomic E-state index is -0.565. The minimum Gasteiger partial charge on any atom is -0.378 e. The zero-order chi connectivity index (χ0) is 10.8.